The van der Waals surface area contributed by atoms with E-state index in [4.69, 9.17) is 4.74 Å². The summed E-state index contributed by atoms with van der Waals surface area (Å²) in [5.74, 6) is 1.25. The third-order valence-corrected chi connectivity index (χ3v) is 4.41. The van der Waals surface area contributed by atoms with E-state index in [9.17, 15) is 0 Å². The maximum atomic E-state index is 5.54. The van der Waals surface area contributed by atoms with Crippen LogP contribution in [0, 0.1) is 0 Å². The summed E-state index contributed by atoms with van der Waals surface area (Å²) in [6.07, 6.45) is 1.71. The Morgan fingerprint density at radius 1 is 1.36 bits per heavy atom. The molecule has 0 spiro atoms. The van der Waals surface area contributed by atoms with Gasteiger partial charge in [-0.15, -0.1) is 0 Å². The van der Waals surface area contributed by atoms with Gasteiger partial charge in [0.2, 0.25) is 0 Å². The largest absolute Gasteiger partial charge is 0.377 e. The summed E-state index contributed by atoms with van der Waals surface area (Å²) in [6, 6.07) is 0. The average Bonchev–Trinajstić information content (AvgIpc) is 2.59. The second-order valence-electron chi connectivity index (χ2n) is 3.80. The molecule has 1 aliphatic rings. The summed E-state index contributed by atoms with van der Waals surface area (Å²) in [5, 5.41) is 0.741. The van der Waals surface area contributed by atoms with E-state index in [-0.39, 0.29) is 0 Å². The van der Waals surface area contributed by atoms with Crippen molar-refractivity contribution >= 4 is 11.8 Å². The minimum Gasteiger partial charge on any atom is -0.377 e. The average molecular weight is 217 g/mol. The van der Waals surface area contributed by atoms with Crippen LogP contribution in [0.4, 0.5) is 0 Å². The molecule has 1 fully saturated rings. The maximum absolute atomic E-state index is 5.54. The lowest BCUT2D eigenvalue weighted by molar-refractivity contribution is 0.127. The van der Waals surface area contributed by atoms with Gasteiger partial charge in [-0.25, -0.2) is 0 Å². The quantitative estimate of drug-likeness (QED) is 0.677. The van der Waals surface area contributed by atoms with Crippen molar-refractivity contribution in [2.75, 3.05) is 32.0 Å². The van der Waals surface area contributed by atoms with Crippen LogP contribution in [0.2, 0.25) is 0 Å². The van der Waals surface area contributed by atoms with Gasteiger partial charge in [-0.3, -0.25) is 0 Å². The molecule has 0 aromatic heterocycles. The molecule has 1 heterocycles. The van der Waals surface area contributed by atoms with Crippen LogP contribution in [0.1, 0.15) is 27.2 Å². The van der Waals surface area contributed by atoms with E-state index in [0.29, 0.717) is 6.10 Å². The van der Waals surface area contributed by atoms with Crippen molar-refractivity contribution in [3.63, 3.8) is 0 Å². The van der Waals surface area contributed by atoms with Gasteiger partial charge in [0.25, 0.3) is 0 Å². The van der Waals surface area contributed by atoms with Gasteiger partial charge in [0.15, 0.2) is 0 Å². The van der Waals surface area contributed by atoms with Crippen molar-refractivity contribution in [3.05, 3.63) is 0 Å². The predicted molar refractivity (Wildman–Crippen MR) is 64.1 cm³/mol. The zero-order chi connectivity index (χ0) is 10.4. The Morgan fingerprint density at radius 3 is 2.57 bits per heavy atom. The van der Waals surface area contributed by atoms with Crippen LogP contribution >= 0.6 is 11.8 Å². The predicted octanol–water partition coefficient (Wildman–Crippen LogP) is 2.24. The molecule has 0 N–H and O–H groups in total. The van der Waals surface area contributed by atoms with Crippen LogP contribution in [0.3, 0.4) is 0 Å². The molecule has 0 amide bonds. The molecular weight excluding hydrogens is 194 g/mol. The van der Waals surface area contributed by atoms with Crippen LogP contribution in [0.25, 0.3) is 0 Å². The number of hydrogen-bond acceptors (Lipinski definition) is 3. The van der Waals surface area contributed by atoms with E-state index in [0.717, 1.165) is 11.9 Å². The highest BCUT2D eigenvalue weighted by Crippen LogP contribution is 2.25. The summed E-state index contributed by atoms with van der Waals surface area (Å²) >= 11 is 2.08. The fraction of sp³-hybridized carbons (Fsp3) is 1.00. The molecule has 1 saturated heterocycles. The third kappa shape index (κ3) is 3.79. The SMILES string of the molecule is CCN(CC)CCS[C@@H]1CCO[C@H]1C. The summed E-state index contributed by atoms with van der Waals surface area (Å²) in [5.41, 5.74) is 0. The van der Waals surface area contributed by atoms with Gasteiger partial charge in [-0.05, 0) is 26.4 Å². The van der Waals surface area contributed by atoms with E-state index in [1.807, 2.05) is 0 Å². The molecule has 1 rings (SSSR count). The number of thioether (sulfide) groups is 1. The van der Waals surface area contributed by atoms with Crippen LogP contribution in [0.15, 0.2) is 0 Å². The number of ether oxygens (including phenoxy) is 1. The van der Waals surface area contributed by atoms with Crippen molar-refractivity contribution in [1.29, 1.82) is 0 Å². The highest BCUT2D eigenvalue weighted by Gasteiger charge is 2.24. The Labute approximate surface area is 92.4 Å². The Kier molecular flexibility index (Phi) is 5.90. The molecule has 2 nitrogen and oxygen atoms in total. The molecule has 14 heavy (non-hydrogen) atoms. The molecule has 0 aromatic rings. The Morgan fingerprint density at radius 2 is 2.07 bits per heavy atom. The lowest BCUT2D eigenvalue weighted by Crippen LogP contribution is -2.26. The van der Waals surface area contributed by atoms with Crippen LogP contribution in [-0.4, -0.2) is 48.2 Å². The zero-order valence-corrected chi connectivity index (χ0v) is 10.5. The molecule has 3 heteroatoms. The summed E-state index contributed by atoms with van der Waals surface area (Å²) in [4.78, 5) is 2.48. The Balaban J connectivity index is 2.08. The number of hydrogen-bond donors (Lipinski definition) is 0. The molecule has 0 aromatic carbocycles. The molecule has 0 radical (unpaired) electrons. The number of nitrogens with zero attached hydrogens (tertiary/aromatic N) is 1. The lowest BCUT2D eigenvalue weighted by Gasteiger charge is -2.19. The molecular formula is C11H23NOS. The van der Waals surface area contributed by atoms with E-state index in [1.54, 1.807) is 0 Å². The molecule has 0 bridgehead atoms. The van der Waals surface area contributed by atoms with Gasteiger partial charge in [0.1, 0.15) is 0 Å². The van der Waals surface area contributed by atoms with Gasteiger partial charge in [0.05, 0.1) is 6.10 Å². The van der Waals surface area contributed by atoms with E-state index in [2.05, 4.69) is 37.4 Å². The molecule has 0 unspecified atom stereocenters. The molecule has 84 valence electrons. The number of rotatable bonds is 6. The lowest BCUT2D eigenvalue weighted by atomic mass is 10.3. The smallest absolute Gasteiger partial charge is 0.0666 e. The normalized spacial score (nSPS) is 27.4. The molecule has 1 aliphatic heterocycles. The second-order valence-corrected chi connectivity index (χ2v) is 5.15. The van der Waals surface area contributed by atoms with Crippen molar-refractivity contribution in [3.8, 4) is 0 Å². The minimum atomic E-state index is 0.469. The topological polar surface area (TPSA) is 12.5 Å². The van der Waals surface area contributed by atoms with Crippen molar-refractivity contribution in [2.45, 2.75) is 38.5 Å². The summed E-state index contributed by atoms with van der Waals surface area (Å²) in [6.45, 7) is 11.2. The first-order valence-electron chi connectivity index (χ1n) is 5.73. The van der Waals surface area contributed by atoms with Gasteiger partial charge in [-0.1, -0.05) is 13.8 Å². The fourth-order valence-electron chi connectivity index (χ4n) is 1.80. The highest BCUT2D eigenvalue weighted by molar-refractivity contribution is 8.00. The van der Waals surface area contributed by atoms with E-state index < -0.39 is 0 Å². The first kappa shape index (κ1) is 12.3. The standard InChI is InChI=1S/C11H23NOS/c1-4-12(5-2)7-9-14-11-6-8-13-10(11)3/h10-11H,4-9H2,1-3H3/t10-,11+/m0/s1. The van der Waals surface area contributed by atoms with E-state index in [1.165, 1.54) is 31.8 Å². The van der Waals surface area contributed by atoms with Crippen LogP contribution in [-0.2, 0) is 4.74 Å². The van der Waals surface area contributed by atoms with Gasteiger partial charge in [0, 0.05) is 24.2 Å². The first-order chi connectivity index (χ1) is 6.77. The van der Waals surface area contributed by atoms with Crippen LogP contribution < -0.4 is 0 Å². The second kappa shape index (κ2) is 6.70. The highest BCUT2D eigenvalue weighted by atomic mass is 32.2. The minimum absolute atomic E-state index is 0.469. The Hall–Kier alpha value is 0.270. The van der Waals surface area contributed by atoms with Crippen molar-refractivity contribution < 1.29 is 4.74 Å². The fourth-order valence-corrected chi connectivity index (χ4v) is 3.08. The Bertz CT molecular complexity index is 150. The monoisotopic (exact) mass is 217 g/mol. The summed E-state index contributed by atoms with van der Waals surface area (Å²) in [7, 11) is 0. The molecule has 0 saturated carbocycles. The van der Waals surface area contributed by atoms with Crippen LogP contribution in [0.5, 0.6) is 0 Å². The zero-order valence-electron chi connectivity index (χ0n) is 9.66. The van der Waals surface area contributed by atoms with Gasteiger partial charge < -0.3 is 9.64 Å². The maximum Gasteiger partial charge on any atom is 0.0666 e. The first-order valence-corrected chi connectivity index (χ1v) is 6.78. The third-order valence-electron chi connectivity index (χ3n) is 2.94. The summed E-state index contributed by atoms with van der Waals surface area (Å²) < 4.78 is 5.54. The van der Waals surface area contributed by atoms with E-state index >= 15 is 0 Å². The molecule has 2 atom stereocenters. The van der Waals surface area contributed by atoms with Gasteiger partial charge in [-0.2, -0.15) is 11.8 Å². The van der Waals surface area contributed by atoms with Crippen molar-refractivity contribution in [2.24, 2.45) is 0 Å². The van der Waals surface area contributed by atoms with Crippen molar-refractivity contribution in [1.82, 2.24) is 4.90 Å². The van der Waals surface area contributed by atoms with Gasteiger partial charge >= 0.3 is 0 Å². The molecule has 0 aliphatic carbocycles.